The molecule has 2 fully saturated rings. The van der Waals surface area contributed by atoms with Gasteiger partial charge in [0, 0.05) is 44.5 Å². The summed E-state index contributed by atoms with van der Waals surface area (Å²) >= 11 is 3.31. The van der Waals surface area contributed by atoms with E-state index < -0.39 is 0 Å². The Bertz CT molecular complexity index is 223. The zero-order valence-corrected chi connectivity index (χ0v) is 10.7. The zero-order valence-electron chi connectivity index (χ0n) is 9.12. The standard InChI is InChI=1S/C11H19BrN2O/c12-4-3-11(15)14-7-5-13(6-8-14)9-10-1-2-10/h10H,1-9H2. The molecule has 0 aromatic carbocycles. The van der Waals surface area contributed by atoms with E-state index in [4.69, 9.17) is 0 Å². The minimum atomic E-state index is 0.304. The van der Waals surface area contributed by atoms with Crippen molar-refractivity contribution in [2.75, 3.05) is 38.1 Å². The van der Waals surface area contributed by atoms with Crippen molar-refractivity contribution < 1.29 is 4.79 Å². The highest BCUT2D eigenvalue weighted by molar-refractivity contribution is 9.09. The molecular formula is C11H19BrN2O. The first-order valence-corrected chi connectivity index (χ1v) is 6.98. The van der Waals surface area contributed by atoms with Gasteiger partial charge in [-0.25, -0.2) is 0 Å². The lowest BCUT2D eigenvalue weighted by molar-refractivity contribution is -0.132. The Hall–Kier alpha value is -0.0900. The number of hydrogen-bond acceptors (Lipinski definition) is 2. The van der Waals surface area contributed by atoms with Crippen LogP contribution in [0.3, 0.4) is 0 Å². The first-order chi connectivity index (χ1) is 7.29. The number of carbonyl (C=O) groups excluding carboxylic acids is 1. The third kappa shape index (κ3) is 3.45. The van der Waals surface area contributed by atoms with Gasteiger partial charge in [0.25, 0.3) is 0 Å². The summed E-state index contributed by atoms with van der Waals surface area (Å²) in [4.78, 5) is 16.1. The molecule has 15 heavy (non-hydrogen) atoms. The van der Waals surface area contributed by atoms with Crippen LogP contribution in [0.2, 0.25) is 0 Å². The Balaban J connectivity index is 1.68. The van der Waals surface area contributed by atoms with Gasteiger partial charge >= 0.3 is 0 Å². The van der Waals surface area contributed by atoms with Gasteiger partial charge in [-0.2, -0.15) is 0 Å². The highest BCUT2D eigenvalue weighted by Gasteiger charge is 2.27. The summed E-state index contributed by atoms with van der Waals surface area (Å²) in [6.07, 6.45) is 3.48. The van der Waals surface area contributed by atoms with Crippen LogP contribution in [0.25, 0.3) is 0 Å². The van der Waals surface area contributed by atoms with Gasteiger partial charge in [0.05, 0.1) is 0 Å². The van der Waals surface area contributed by atoms with E-state index in [1.807, 2.05) is 4.90 Å². The summed E-state index contributed by atoms with van der Waals surface area (Å²) in [6, 6.07) is 0. The van der Waals surface area contributed by atoms with Crippen LogP contribution in [0.5, 0.6) is 0 Å². The Morgan fingerprint density at radius 1 is 1.20 bits per heavy atom. The number of piperazine rings is 1. The van der Waals surface area contributed by atoms with Crippen molar-refractivity contribution in [2.45, 2.75) is 19.3 Å². The molecule has 0 spiro atoms. The Morgan fingerprint density at radius 3 is 2.40 bits per heavy atom. The predicted molar refractivity (Wildman–Crippen MR) is 64.2 cm³/mol. The topological polar surface area (TPSA) is 23.6 Å². The van der Waals surface area contributed by atoms with E-state index in [1.54, 1.807) is 0 Å². The maximum Gasteiger partial charge on any atom is 0.223 e. The maximum absolute atomic E-state index is 11.6. The minimum Gasteiger partial charge on any atom is -0.340 e. The van der Waals surface area contributed by atoms with Gasteiger partial charge in [-0.1, -0.05) is 15.9 Å². The Labute approximate surface area is 99.9 Å². The molecule has 1 heterocycles. The molecule has 1 amide bonds. The van der Waals surface area contributed by atoms with E-state index in [1.165, 1.54) is 19.4 Å². The summed E-state index contributed by atoms with van der Waals surface area (Å²) in [5.74, 6) is 1.27. The number of nitrogens with zero attached hydrogens (tertiary/aromatic N) is 2. The van der Waals surface area contributed by atoms with Crippen LogP contribution in [0.15, 0.2) is 0 Å². The molecule has 0 aromatic heterocycles. The second kappa shape index (κ2) is 5.30. The summed E-state index contributed by atoms with van der Waals surface area (Å²) in [5, 5.41) is 0.786. The van der Waals surface area contributed by atoms with Crippen molar-refractivity contribution in [3.05, 3.63) is 0 Å². The predicted octanol–water partition coefficient (Wildman–Crippen LogP) is 1.33. The number of rotatable bonds is 4. The molecule has 0 atom stereocenters. The van der Waals surface area contributed by atoms with Gasteiger partial charge in [-0.05, 0) is 18.8 Å². The molecule has 2 rings (SSSR count). The van der Waals surface area contributed by atoms with Crippen LogP contribution in [0.4, 0.5) is 0 Å². The van der Waals surface area contributed by atoms with Crippen molar-refractivity contribution in [3.8, 4) is 0 Å². The largest absolute Gasteiger partial charge is 0.340 e. The number of carbonyl (C=O) groups is 1. The maximum atomic E-state index is 11.6. The highest BCUT2D eigenvalue weighted by atomic mass is 79.9. The number of amides is 1. The molecule has 3 nitrogen and oxygen atoms in total. The van der Waals surface area contributed by atoms with Crippen molar-refractivity contribution in [1.29, 1.82) is 0 Å². The van der Waals surface area contributed by atoms with E-state index in [9.17, 15) is 4.79 Å². The van der Waals surface area contributed by atoms with Crippen LogP contribution in [-0.2, 0) is 4.79 Å². The lowest BCUT2D eigenvalue weighted by atomic mass is 10.2. The lowest BCUT2D eigenvalue weighted by Gasteiger charge is -2.34. The first kappa shape index (κ1) is 11.4. The monoisotopic (exact) mass is 274 g/mol. The van der Waals surface area contributed by atoms with E-state index in [0.29, 0.717) is 12.3 Å². The van der Waals surface area contributed by atoms with Crippen molar-refractivity contribution >= 4 is 21.8 Å². The van der Waals surface area contributed by atoms with Gasteiger partial charge in [-0.3, -0.25) is 9.69 Å². The summed E-state index contributed by atoms with van der Waals surface area (Å²) in [7, 11) is 0. The fourth-order valence-electron chi connectivity index (χ4n) is 2.08. The van der Waals surface area contributed by atoms with Crippen LogP contribution in [-0.4, -0.2) is 53.8 Å². The fourth-order valence-corrected chi connectivity index (χ4v) is 2.42. The molecular weight excluding hydrogens is 256 g/mol. The molecule has 86 valence electrons. The van der Waals surface area contributed by atoms with Gasteiger partial charge in [0.15, 0.2) is 0 Å². The third-order valence-corrected chi connectivity index (χ3v) is 3.64. The summed E-state index contributed by atoms with van der Waals surface area (Å²) < 4.78 is 0. The molecule has 0 N–H and O–H groups in total. The second-order valence-electron chi connectivity index (χ2n) is 4.56. The van der Waals surface area contributed by atoms with Crippen LogP contribution < -0.4 is 0 Å². The smallest absolute Gasteiger partial charge is 0.223 e. The summed E-state index contributed by atoms with van der Waals surface area (Å²) in [5.41, 5.74) is 0. The third-order valence-electron chi connectivity index (χ3n) is 3.25. The van der Waals surface area contributed by atoms with Crippen molar-refractivity contribution in [3.63, 3.8) is 0 Å². The Kier molecular flexibility index (Phi) is 4.03. The molecule has 2 aliphatic rings. The fraction of sp³-hybridized carbons (Fsp3) is 0.909. The Morgan fingerprint density at radius 2 is 1.87 bits per heavy atom. The molecule has 1 aliphatic heterocycles. The van der Waals surface area contributed by atoms with Crippen LogP contribution in [0.1, 0.15) is 19.3 Å². The van der Waals surface area contributed by atoms with E-state index in [2.05, 4.69) is 20.8 Å². The van der Waals surface area contributed by atoms with E-state index >= 15 is 0 Å². The molecule has 0 radical (unpaired) electrons. The molecule has 0 bridgehead atoms. The van der Waals surface area contributed by atoms with Gasteiger partial charge in [0.2, 0.25) is 5.91 Å². The van der Waals surface area contributed by atoms with Crippen LogP contribution >= 0.6 is 15.9 Å². The lowest BCUT2D eigenvalue weighted by Crippen LogP contribution is -2.49. The average molecular weight is 275 g/mol. The van der Waals surface area contributed by atoms with Crippen molar-refractivity contribution in [2.24, 2.45) is 5.92 Å². The minimum absolute atomic E-state index is 0.304. The summed E-state index contributed by atoms with van der Waals surface area (Å²) in [6.45, 7) is 5.27. The van der Waals surface area contributed by atoms with Gasteiger partial charge in [0.1, 0.15) is 0 Å². The SMILES string of the molecule is O=C(CCBr)N1CCN(CC2CC2)CC1. The molecule has 4 heteroatoms. The van der Waals surface area contributed by atoms with Crippen molar-refractivity contribution in [1.82, 2.24) is 9.80 Å². The van der Waals surface area contributed by atoms with Gasteiger partial charge < -0.3 is 4.90 Å². The number of halogens is 1. The quantitative estimate of drug-likeness (QED) is 0.723. The second-order valence-corrected chi connectivity index (χ2v) is 5.36. The molecule has 1 saturated heterocycles. The highest BCUT2D eigenvalue weighted by Crippen LogP contribution is 2.29. The van der Waals surface area contributed by atoms with Gasteiger partial charge in [-0.15, -0.1) is 0 Å². The zero-order chi connectivity index (χ0) is 10.7. The van der Waals surface area contributed by atoms with Crippen LogP contribution in [0, 0.1) is 5.92 Å². The van der Waals surface area contributed by atoms with E-state index in [-0.39, 0.29) is 0 Å². The molecule has 1 saturated carbocycles. The molecule has 1 aliphatic carbocycles. The van der Waals surface area contributed by atoms with E-state index in [0.717, 1.165) is 37.4 Å². The normalized spacial score (nSPS) is 23.1. The first-order valence-electron chi connectivity index (χ1n) is 5.85. The number of alkyl halides is 1. The number of hydrogen-bond donors (Lipinski definition) is 0. The molecule has 0 aromatic rings. The average Bonchev–Trinajstić information content (AvgIpc) is 3.03. The molecule has 0 unspecified atom stereocenters.